The van der Waals surface area contributed by atoms with Gasteiger partial charge in [0.25, 0.3) is 0 Å². The first-order chi connectivity index (χ1) is 7.22. The molecule has 1 atom stereocenters. The van der Waals surface area contributed by atoms with E-state index < -0.39 is 43.9 Å². The van der Waals surface area contributed by atoms with Gasteiger partial charge in [0.05, 0.1) is 6.54 Å². The van der Waals surface area contributed by atoms with E-state index in [9.17, 15) is 22.8 Å². The first kappa shape index (κ1) is 14.6. The van der Waals surface area contributed by atoms with Crippen molar-refractivity contribution in [1.82, 2.24) is 5.32 Å². The Morgan fingerprint density at radius 3 is 2.38 bits per heavy atom. The molecule has 0 aromatic rings. The number of carboxylic acid groups (broad SMARTS) is 1. The summed E-state index contributed by atoms with van der Waals surface area (Å²) in [4.78, 5) is 20.8. The Labute approximate surface area is 88.0 Å². The van der Waals surface area contributed by atoms with Crippen molar-refractivity contribution in [2.75, 3.05) is 19.8 Å². The Balaban J connectivity index is 3.64. The second kappa shape index (κ2) is 6.28. The Hall–Kier alpha value is -1.35. The van der Waals surface area contributed by atoms with Gasteiger partial charge in [-0.1, -0.05) is 0 Å². The van der Waals surface area contributed by atoms with Crippen LogP contribution in [0.3, 0.4) is 0 Å². The number of rotatable bonds is 6. The summed E-state index contributed by atoms with van der Waals surface area (Å²) >= 11 is 0. The fraction of sp³-hybridized carbons (Fsp3) is 0.714. The van der Waals surface area contributed by atoms with Crippen molar-refractivity contribution in [2.24, 2.45) is 0 Å². The molecular formula is C7H10F3NO5. The number of hydrogen-bond acceptors (Lipinski definition) is 4. The van der Waals surface area contributed by atoms with Crippen LogP contribution in [-0.2, 0) is 14.3 Å². The average Bonchev–Trinajstić information content (AvgIpc) is 2.11. The number of hydrogen-bond donors (Lipinski definition) is 3. The number of aliphatic carboxylic acids is 1. The number of halogens is 3. The lowest BCUT2D eigenvalue weighted by atomic mass is 10.3. The average molecular weight is 245 g/mol. The quantitative estimate of drug-likeness (QED) is 0.565. The van der Waals surface area contributed by atoms with Crippen LogP contribution in [0.4, 0.5) is 13.2 Å². The highest BCUT2D eigenvalue weighted by molar-refractivity contribution is 5.78. The van der Waals surface area contributed by atoms with E-state index in [0.717, 1.165) is 0 Å². The number of carbonyl (C=O) groups is 2. The highest BCUT2D eigenvalue weighted by Gasteiger charge is 2.27. The van der Waals surface area contributed by atoms with Crippen molar-refractivity contribution >= 4 is 11.9 Å². The van der Waals surface area contributed by atoms with E-state index in [1.807, 2.05) is 5.32 Å². The molecule has 1 unspecified atom stereocenters. The molecule has 0 aromatic heterocycles. The number of aliphatic hydroxyl groups excluding tert-OH is 1. The monoisotopic (exact) mass is 245 g/mol. The van der Waals surface area contributed by atoms with Crippen molar-refractivity contribution in [2.45, 2.75) is 12.3 Å². The lowest BCUT2D eigenvalue weighted by Gasteiger charge is -2.09. The zero-order chi connectivity index (χ0) is 12.8. The molecule has 0 aromatic carbocycles. The molecule has 6 nitrogen and oxygen atoms in total. The van der Waals surface area contributed by atoms with Gasteiger partial charge < -0.3 is 20.3 Å². The lowest BCUT2D eigenvalue weighted by molar-refractivity contribution is -0.175. The van der Waals surface area contributed by atoms with Crippen LogP contribution in [0.15, 0.2) is 0 Å². The molecule has 0 aliphatic rings. The molecule has 1 amide bonds. The largest absolute Gasteiger partial charge is 0.479 e. The van der Waals surface area contributed by atoms with Crippen LogP contribution >= 0.6 is 0 Å². The number of aliphatic hydroxyl groups is 1. The maximum absolute atomic E-state index is 11.6. The van der Waals surface area contributed by atoms with Gasteiger partial charge in [-0.05, 0) is 0 Å². The van der Waals surface area contributed by atoms with Crippen LogP contribution in [0.1, 0.15) is 0 Å². The maximum atomic E-state index is 11.6. The van der Waals surface area contributed by atoms with Gasteiger partial charge in [0.15, 0.2) is 6.10 Å². The first-order valence-corrected chi connectivity index (χ1v) is 4.04. The SMILES string of the molecule is O=C(COCC(F)(F)F)NCC(O)C(=O)O. The molecule has 3 N–H and O–H groups in total. The summed E-state index contributed by atoms with van der Waals surface area (Å²) in [6.07, 6.45) is -6.33. The molecule has 0 bridgehead atoms. The summed E-state index contributed by atoms with van der Waals surface area (Å²) in [5.41, 5.74) is 0. The van der Waals surface area contributed by atoms with Gasteiger partial charge in [0.2, 0.25) is 5.91 Å². The van der Waals surface area contributed by atoms with E-state index >= 15 is 0 Å². The summed E-state index contributed by atoms with van der Waals surface area (Å²) in [6.45, 7) is -3.02. The van der Waals surface area contributed by atoms with Gasteiger partial charge in [0, 0.05) is 0 Å². The summed E-state index contributed by atoms with van der Waals surface area (Å²) in [7, 11) is 0. The molecule has 0 aliphatic heterocycles. The third-order valence-corrected chi connectivity index (χ3v) is 1.28. The van der Waals surface area contributed by atoms with E-state index in [1.165, 1.54) is 0 Å². The van der Waals surface area contributed by atoms with Gasteiger partial charge in [-0.25, -0.2) is 4.79 Å². The van der Waals surface area contributed by atoms with E-state index in [1.54, 1.807) is 0 Å². The number of nitrogens with one attached hydrogen (secondary N) is 1. The van der Waals surface area contributed by atoms with Crippen molar-refractivity contribution in [3.8, 4) is 0 Å². The maximum Gasteiger partial charge on any atom is 0.411 e. The van der Waals surface area contributed by atoms with Gasteiger partial charge >= 0.3 is 12.1 Å². The molecule has 9 heteroatoms. The summed E-state index contributed by atoms with van der Waals surface area (Å²) in [5, 5.41) is 18.8. The number of amides is 1. The highest BCUT2D eigenvalue weighted by atomic mass is 19.4. The molecule has 94 valence electrons. The smallest absolute Gasteiger partial charge is 0.411 e. The Morgan fingerprint density at radius 1 is 1.38 bits per heavy atom. The van der Waals surface area contributed by atoms with Crippen molar-refractivity contribution in [3.05, 3.63) is 0 Å². The van der Waals surface area contributed by atoms with Crippen LogP contribution in [0, 0.1) is 0 Å². The zero-order valence-electron chi connectivity index (χ0n) is 7.95. The van der Waals surface area contributed by atoms with Crippen LogP contribution in [0.2, 0.25) is 0 Å². The molecule has 0 saturated heterocycles. The molecule has 16 heavy (non-hydrogen) atoms. The molecule has 0 rings (SSSR count). The molecule has 0 spiro atoms. The first-order valence-electron chi connectivity index (χ1n) is 4.04. The molecular weight excluding hydrogens is 235 g/mol. The lowest BCUT2D eigenvalue weighted by Crippen LogP contribution is -2.38. The van der Waals surface area contributed by atoms with Crippen LogP contribution in [0.25, 0.3) is 0 Å². The molecule has 0 radical (unpaired) electrons. The van der Waals surface area contributed by atoms with E-state index in [2.05, 4.69) is 4.74 Å². The number of alkyl halides is 3. The van der Waals surface area contributed by atoms with Crippen LogP contribution < -0.4 is 5.32 Å². The Morgan fingerprint density at radius 2 is 1.94 bits per heavy atom. The Kier molecular flexibility index (Phi) is 5.75. The normalized spacial score (nSPS) is 13.2. The van der Waals surface area contributed by atoms with Crippen molar-refractivity contribution < 1.29 is 37.7 Å². The van der Waals surface area contributed by atoms with Gasteiger partial charge in [0.1, 0.15) is 13.2 Å². The predicted octanol–water partition coefficient (Wildman–Crippen LogP) is -0.873. The minimum atomic E-state index is -4.53. The fourth-order valence-corrected chi connectivity index (χ4v) is 0.608. The standard InChI is InChI=1S/C7H10F3NO5/c8-7(9,10)3-16-2-5(13)11-1-4(12)6(14)15/h4,12H,1-3H2,(H,11,13)(H,14,15). The van der Waals surface area contributed by atoms with Gasteiger partial charge in [-0.15, -0.1) is 0 Å². The van der Waals surface area contributed by atoms with Gasteiger partial charge in [-0.2, -0.15) is 13.2 Å². The predicted molar refractivity (Wildman–Crippen MR) is 43.5 cm³/mol. The number of ether oxygens (including phenoxy) is 1. The summed E-state index contributed by atoms with van der Waals surface area (Å²) < 4.78 is 38.6. The third kappa shape index (κ3) is 8.00. The summed E-state index contributed by atoms with van der Waals surface area (Å²) in [5.74, 6) is -2.49. The van der Waals surface area contributed by atoms with E-state index in [-0.39, 0.29) is 0 Å². The van der Waals surface area contributed by atoms with E-state index in [4.69, 9.17) is 10.2 Å². The van der Waals surface area contributed by atoms with Crippen LogP contribution in [0.5, 0.6) is 0 Å². The third-order valence-electron chi connectivity index (χ3n) is 1.28. The second-order valence-electron chi connectivity index (χ2n) is 2.77. The number of carboxylic acids is 1. The minimum absolute atomic E-state index is 0.594. The molecule has 0 saturated carbocycles. The zero-order valence-corrected chi connectivity index (χ0v) is 7.95. The van der Waals surface area contributed by atoms with Gasteiger partial charge in [-0.3, -0.25) is 4.79 Å². The Bertz CT molecular complexity index is 255. The topological polar surface area (TPSA) is 95.9 Å². The molecule has 0 heterocycles. The summed E-state index contributed by atoms with van der Waals surface area (Å²) in [6, 6.07) is 0. The molecule has 0 fully saturated rings. The highest BCUT2D eigenvalue weighted by Crippen LogP contribution is 2.13. The minimum Gasteiger partial charge on any atom is -0.479 e. The fourth-order valence-electron chi connectivity index (χ4n) is 0.608. The van der Waals surface area contributed by atoms with E-state index in [0.29, 0.717) is 0 Å². The van der Waals surface area contributed by atoms with Crippen LogP contribution in [-0.4, -0.2) is 54.1 Å². The van der Waals surface area contributed by atoms with Crippen molar-refractivity contribution in [3.63, 3.8) is 0 Å². The molecule has 0 aliphatic carbocycles. The number of carbonyl (C=O) groups excluding carboxylic acids is 1. The second-order valence-corrected chi connectivity index (χ2v) is 2.77. The van der Waals surface area contributed by atoms with Crippen molar-refractivity contribution in [1.29, 1.82) is 0 Å².